The Labute approximate surface area is 115 Å². The molecule has 4 nitrogen and oxygen atoms in total. The summed E-state index contributed by atoms with van der Waals surface area (Å²) in [7, 11) is -2.84. The molecule has 0 bridgehead atoms. The zero-order valence-corrected chi connectivity index (χ0v) is 12.1. The largest absolute Gasteiger partial charge is 0.381 e. The third-order valence-corrected chi connectivity index (χ3v) is 5.23. The second-order valence-corrected chi connectivity index (χ2v) is 7.59. The SMILES string of the molecule is N#Cc1cc(Br)ccc1NC1CCS(=O)(=O)CC1. The fraction of sp³-hybridized carbons (Fsp3) is 0.417. The molecule has 6 heteroatoms. The number of nitrogens with one attached hydrogen (secondary N) is 1. The number of hydrogen-bond acceptors (Lipinski definition) is 4. The van der Waals surface area contributed by atoms with Crippen LogP contribution in [0.4, 0.5) is 5.69 Å². The van der Waals surface area contributed by atoms with Crippen molar-refractivity contribution in [1.29, 1.82) is 5.26 Å². The van der Waals surface area contributed by atoms with E-state index in [9.17, 15) is 8.42 Å². The van der Waals surface area contributed by atoms with Crippen molar-refractivity contribution in [3.05, 3.63) is 28.2 Å². The van der Waals surface area contributed by atoms with E-state index in [4.69, 9.17) is 5.26 Å². The number of nitrogens with zero attached hydrogens (tertiary/aromatic N) is 1. The first-order valence-corrected chi connectivity index (χ1v) is 8.28. The van der Waals surface area contributed by atoms with Gasteiger partial charge in [0.1, 0.15) is 15.9 Å². The molecule has 96 valence electrons. The minimum atomic E-state index is -2.84. The molecular weight excluding hydrogens is 316 g/mol. The van der Waals surface area contributed by atoms with Crippen molar-refractivity contribution in [1.82, 2.24) is 0 Å². The van der Waals surface area contributed by atoms with E-state index in [-0.39, 0.29) is 17.5 Å². The van der Waals surface area contributed by atoms with E-state index in [0.29, 0.717) is 18.4 Å². The lowest BCUT2D eigenvalue weighted by atomic mass is 10.1. The second kappa shape index (κ2) is 5.29. The zero-order chi connectivity index (χ0) is 13.2. The maximum absolute atomic E-state index is 11.3. The quantitative estimate of drug-likeness (QED) is 0.904. The summed E-state index contributed by atoms with van der Waals surface area (Å²) in [5, 5.41) is 12.3. The Hall–Kier alpha value is -1.06. The van der Waals surface area contributed by atoms with Gasteiger partial charge in [0.25, 0.3) is 0 Å². The number of benzene rings is 1. The van der Waals surface area contributed by atoms with Gasteiger partial charge >= 0.3 is 0 Å². The molecule has 0 saturated carbocycles. The molecule has 0 unspecified atom stereocenters. The van der Waals surface area contributed by atoms with Crippen LogP contribution in [0.5, 0.6) is 0 Å². The molecule has 1 aromatic carbocycles. The summed E-state index contributed by atoms with van der Waals surface area (Å²) in [6, 6.07) is 7.71. The molecule has 0 spiro atoms. The molecule has 0 radical (unpaired) electrons. The monoisotopic (exact) mass is 328 g/mol. The highest BCUT2D eigenvalue weighted by molar-refractivity contribution is 9.10. The summed E-state index contributed by atoms with van der Waals surface area (Å²) in [6.07, 6.45) is 1.20. The molecule has 1 N–H and O–H groups in total. The van der Waals surface area contributed by atoms with Crippen molar-refractivity contribution in [2.24, 2.45) is 0 Å². The van der Waals surface area contributed by atoms with Crippen LogP contribution in [0.15, 0.2) is 22.7 Å². The van der Waals surface area contributed by atoms with Gasteiger partial charge in [-0.3, -0.25) is 0 Å². The van der Waals surface area contributed by atoms with E-state index in [1.54, 1.807) is 6.07 Å². The first kappa shape index (κ1) is 13.4. The summed E-state index contributed by atoms with van der Waals surface area (Å²) in [5.41, 5.74) is 1.34. The van der Waals surface area contributed by atoms with Crippen LogP contribution in [0.1, 0.15) is 18.4 Å². The Morgan fingerprint density at radius 3 is 2.61 bits per heavy atom. The summed E-state index contributed by atoms with van der Waals surface area (Å²) in [4.78, 5) is 0. The van der Waals surface area contributed by atoms with Crippen LogP contribution in [-0.2, 0) is 9.84 Å². The van der Waals surface area contributed by atoms with Crippen molar-refractivity contribution in [3.8, 4) is 6.07 Å². The lowest BCUT2D eigenvalue weighted by Gasteiger charge is -2.24. The highest BCUT2D eigenvalue weighted by Crippen LogP contribution is 2.23. The Bertz CT molecular complexity index is 579. The van der Waals surface area contributed by atoms with Gasteiger partial charge in [0.2, 0.25) is 0 Å². The Morgan fingerprint density at radius 2 is 2.00 bits per heavy atom. The van der Waals surface area contributed by atoms with E-state index in [2.05, 4.69) is 27.3 Å². The topological polar surface area (TPSA) is 70.0 Å². The van der Waals surface area contributed by atoms with Crippen molar-refractivity contribution in [2.75, 3.05) is 16.8 Å². The average Bonchev–Trinajstić information content (AvgIpc) is 2.34. The van der Waals surface area contributed by atoms with Crippen molar-refractivity contribution >= 4 is 31.5 Å². The summed E-state index contributed by atoms with van der Waals surface area (Å²) >= 11 is 3.32. The fourth-order valence-corrected chi connectivity index (χ4v) is 3.84. The molecule has 0 aromatic heterocycles. The van der Waals surface area contributed by atoms with Gasteiger partial charge in [0.05, 0.1) is 22.8 Å². The lowest BCUT2D eigenvalue weighted by Crippen LogP contribution is -2.32. The van der Waals surface area contributed by atoms with Crippen LogP contribution in [0.25, 0.3) is 0 Å². The van der Waals surface area contributed by atoms with Crippen LogP contribution < -0.4 is 5.32 Å². The predicted molar refractivity (Wildman–Crippen MR) is 74.2 cm³/mol. The van der Waals surface area contributed by atoms with Crippen LogP contribution in [-0.4, -0.2) is 26.0 Å². The number of halogens is 1. The molecular formula is C12H13BrN2O2S. The molecule has 1 aliphatic rings. The number of rotatable bonds is 2. The molecule has 1 fully saturated rings. The average molecular weight is 329 g/mol. The molecule has 0 aliphatic carbocycles. The number of hydrogen-bond donors (Lipinski definition) is 1. The molecule has 0 atom stereocenters. The van der Waals surface area contributed by atoms with Crippen LogP contribution in [0.3, 0.4) is 0 Å². The Morgan fingerprint density at radius 1 is 1.33 bits per heavy atom. The molecule has 1 aliphatic heterocycles. The first-order valence-electron chi connectivity index (χ1n) is 5.67. The van der Waals surface area contributed by atoms with Gasteiger partial charge in [-0.05, 0) is 31.0 Å². The summed E-state index contributed by atoms with van der Waals surface area (Å²) in [6.45, 7) is 0. The van der Waals surface area contributed by atoms with E-state index >= 15 is 0 Å². The lowest BCUT2D eigenvalue weighted by molar-refractivity contribution is 0.559. The van der Waals surface area contributed by atoms with Crippen LogP contribution in [0, 0.1) is 11.3 Å². The van der Waals surface area contributed by atoms with Gasteiger partial charge in [-0.2, -0.15) is 5.26 Å². The van der Waals surface area contributed by atoms with Crippen molar-refractivity contribution < 1.29 is 8.42 Å². The molecule has 0 amide bonds. The maximum Gasteiger partial charge on any atom is 0.150 e. The van der Waals surface area contributed by atoms with E-state index in [1.165, 1.54) is 0 Å². The number of sulfone groups is 1. The highest BCUT2D eigenvalue weighted by atomic mass is 79.9. The van der Waals surface area contributed by atoms with Crippen molar-refractivity contribution in [2.45, 2.75) is 18.9 Å². The standard InChI is InChI=1S/C12H13BrN2O2S/c13-10-1-2-12(9(7-10)8-14)15-11-3-5-18(16,17)6-4-11/h1-2,7,11,15H,3-6H2. The number of nitriles is 1. The highest BCUT2D eigenvalue weighted by Gasteiger charge is 2.23. The Kier molecular flexibility index (Phi) is 3.93. The molecule has 18 heavy (non-hydrogen) atoms. The van der Waals surface area contributed by atoms with Crippen LogP contribution >= 0.6 is 15.9 Å². The Balaban J connectivity index is 2.09. The van der Waals surface area contributed by atoms with Gasteiger partial charge in [-0.15, -0.1) is 0 Å². The minimum Gasteiger partial charge on any atom is -0.381 e. The van der Waals surface area contributed by atoms with E-state index in [1.807, 2.05) is 12.1 Å². The third-order valence-electron chi connectivity index (χ3n) is 3.02. The second-order valence-electron chi connectivity index (χ2n) is 4.37. The summed E-state index contributed by atoms with van der Waals surface area (Å²) in [5.74, 6) is 0.451. The van der Waals surface area contributed by atoms with Gasteiger partial charge in [0.15, 0.2) is 0 Å². The van der Waals surface area contributed by atoms with Gasteiger partial charge in [0, 0.05) is 10.5 Å². The van der Waals surface area contributed by atoms with E-state index in [0.717, 1.165) is 10.2 Å². The van der Waals surface area contributed by atoms with Gasteiger partial charge < -0.3 is 5.32 Å². The third kappa shape index (κ3) is 3.24. The zero-order valence-electron chi connectivity index (χ0n) is 9.69. The van der Waals surface area contributed by atoms with E-state index < -0.39 is 9.84 Å². The maximum atomic E-state index is 11.3. The first-order chi connectivity index (χ1) is 8.50. The van der Waals surface area contributed by atoms with Crippen molar-refractivity contribution in [3.63, 3.8) is 0 Å². The smallest absolute Gasteiger partial charge is 0.150 e. The normalized spacial score (nSPS) is 19.1. The molecule has 1 heterocycles. The predicted octanol–water partition coefficient (Wildman–Crippen LogP) is 2.31. The fourth-order valence-electron chi connectivity index (χ4n) is 1.99. The minimum absolute atomic E-state index is 0.127. The summed E-state index contributed by atoms with van der Waals surface area (Å²) < 4.78 is 23.5. The molecule has 2 rings (SSSR count). The molecule has 1 aromatic rings. The van der Waals surface area contributed by atoms with Gasteiger partial charge in [-0.25, -0.2) is 8.42 Å². The van der Waals surface area contributed by atoms with Crippen LogP contribution in [0.2, 0.25) is 0 Å². The van der Waals surface area contributed by atoms with Gasteiger partial charge in [-0.1, -0.05) is 15.9 Å². The molecule has 1 saturated heterocycles. The number of anilines is 1.